The fourth-order valence-corrected chi connectivity index (χ4v) is 1.60. The molecule has 0 fully saturated rings. The zero-order valence-electron chi connectivity index (χ0n) is 10.6. The topological polar surface area (TPSA) is 74.2 Å². The van der Waals surface area contributed by atoms with Gasteiger partial charge in [-0.3, -0.25) is 0 Å². The first-order valence-corrected chi connectivity index (χ1v) is 6.07. The van der Waals surface area contributed by atoms with E-state index in [0.717, 1.165) is 17.7 Å². The van der Waals surface area contributed by atoms with E-state index in [-0.39, 0.29) is 6.04 Å². The molecule has 1 aromatic carbocycles. The van der Waals surface area contributed by atoms with Crippen LogP contribution in [0.15, 0.2) is 28.8 Å². The monoisotopic (exact) mass is 247 g/mol. The maximum atomic E-state index is 5.87. The molecule has 2 N–H and O–H groups in total. The Hall–Kier alpha value is -1.88. The standard InChI is InChI=1S/C13H17N3O2/c1-3-10(14)12-15-13(18-16-12)9-7-5-6-8-11(9)17-4-2/h5-8,10H,3-4,14H2,1-2H3. The van der Waals surface area contributed by atoms with Crippen LogP contribution >= 0.6 is 0 Å². The Labute approximate surface area is 106 Å². The van der Waals surface area contributed by atoms with E-state index in [2.05, 4.69) is 10.1 Å². The van der Waals surface area contributed by atoms with Crippen molar-refractivity contribution in [1.29, 1.82) is 0 Å². The van der Waals surface area contributed by atoms with E-state index in [1.807, 2.05) is 38.1 Å². The van der Waals surface area contributed by atoms with Crippen LogP contribution in [0.5, 0.6) is 5.75 Å². The van der Waals surface area contributed by atoms with Crippen LogP contribution in [0, 0.1) is 0 Å². The molecule has 0 amide bonds. The summed E-state index contributed by atoms with van der Waals surface area (Å²) in [6.45, 7) is 4.50. The molecule has 0 spiro atoms. The van der Waals surface area contributed by atoms with Gasteiger partial charge >= 0.3 is 0 Å². The first kappa shape index (κ1) is 12.6. The quantitative estimate of drug-likeness (QED) is 0.878. The van der Waals surface area contributed by atoms with Crippen LogP contribution in [0.25, 0.3) is 11.5 Å². The number of hydrogen-bond donors (Lipinski definition) is 1. The highest BCUT2D eigenvalue weighted by Gasteiger charge is 2.16. The summed E-state index contributed by atoms with van der Waals surface area (Å²) in [6.07, 6.45) is 0.770. The molecular formula is C13H17N3O2. The lowest BCUT2D eigenvalue weighted by atomic mass is 10.2. The molecular weight excluding hydrogens is 230 g/mol. The van der Waals surface area contributed by atoms with Gasteiger partial charge in [0.05, 0.1) is 18.2 Å². The number of benzene rings is 1. The van der Waals surface area contributed by atoms with Crippen LogP contribution in [0.4, 0.5) is 0 Å². The Morgan fingerprint density at radius 1 is 1.33 bits per heavy atom. The van der Waals surface area contributed by atoms with Gasteiger partial charge in [-0.05, 0) is 25.5 Å². The third-order valence-corrected chi connectivity index (χ3v) is 2.63. The summed E-state index contributed by atoms with van der Waals surface area (Å²) in [7, 11) is 0. The van der Waals surface area contributed by atoms with Gasteiger partial charge in [0, 0.05) is 0 Å². The number of aromatic nitrogens is 2. The van der Waals surface area contributed by atoms with Crippen molar-refractivity contribution in [1.82, 2.24) is 10.1 Å². The highest BCUT2D eigenvalue weighted by atomic mass is 16.5. The van der Waals surface area contributed by atoms with E-state index < -0.39 is 0 Å². The zero-order valence-corrected chi connectivity index (χ0v) is 10.6. The lowest BCUT2D eigenvalue weighted by Crippen LogP contribution is -2.10. The SMILES string of the molecule is CCOc1ccccc1-c1nc(C(N)CC)no1. The van der Waals surface area contributed by atoms with Crippen molar-refractivity contribution >= 4 is 0 Å². The molecule has 0 radical (unpaired) electrons. The fraction of sp³-hybridized carbons (Fsp3) is 0.385. The van der Waals surface area contributed by atoms with Crippen molar-refractivity contribution in [3.8, 4) is 17.2 Å². The average molecular weight is 247 g/mol. The smallest absolute Gasteiger partial charge is 0.261 e. The minimum absolute atomic E-state index is 0.193. The lowest BCUT2D eigenvalue weighted by Gasteiger charge is -2.06. The largest absolute Gasteiger partial charge is 0.493 e. The fourth-order valence-electron chi connectivity index (χ4n) is 1.60. The van der Waals surface area contributed by atoms with Crippen LogP contribution in [0.3, 0.4) is 0 Å². The molecule has 5 nitrogen and oxygen atoms in total. The van der Waals surface area contributed by atoms with Crippen molar-refractivity contribution in [3.63, 3.8) is 0 Å². The highest BCUT2D eigenvalue weighted by Crippen LogP contribution is 2.29. The van der Waals surface area contributed by atoms with Gasteiger partial charge in [-0.25, -0.2) is 0 Å². The summed E-state index contributed by atoms with van der Waals surface area (Å²) >= 11 is 0. The Bertz CT molecular complexity index is 510. The normalized spacial score (nSPS) is 12.4. The van der Waals surface area contributed by atoms with E-state index >= 15 is 0 Å². The Morgan fingerprint density at radius 3 is 2.83 bits per heavy atom. The summed E-state index contributed by atoms with van der Waals surface area (Å²) in [5, 5.41) is 3.90. The summed E-state index contributed by atoms with van der Waals surface area (Å²) in [4.78, 5) is 4.31. The maximum absolute atomic E-state index is 5.87. The summed E-state index contributed by atoms with van der Waals surface area (Å²) in [5.41, 5.74) is 6.66. The predicted octanol–water partition coefficient (Wildman–Crippen LogP) is 2.55. The van der Waals surface area contributed by atoms with E-state index in [9.17, 15) is 0 Å². The Balaban J connectivity index is 2.33. The number of nitrogens with zero attached hydrogens (tertiary/aromatic N) is 2. The van der Waals surface area contributed by atoms with E-state index in [0.29, 0.717) is 18.3 Å². The highest BCUT2D eigenvalue weighted by molar-refractivity contribution is 5.62. The van der Waals surface area contributed by atoms with Gasteiger partial charge in [0.2, 0.25) is 0 Å². The van der Waals surface area contributed by atoms with Crippen molar-refractivity contribution in [2.75, 3.05) is 6.61 Å². The zero-order chi connectivity index (χ0) is 13.0. The van der Waals surface area contributed by atoms with Gasteiger partial charge in [-0.15, -0.1) is 0 Å². The van der Waals surface area contributed by atoms with Crippen LogP contribution in [-0.4, -0.2) is 16.7 Å². The molecule has 0 aliphatic rings. The molecule has 0 saturated heterocycles. The second-order valence-corrected chi connectivity index (χ2v) is 3.90. The molecule has 0 saturated carbocycles. The second kappa shape index (κ2) is 5.64. The van der Waals surface area contributed by atoms with Gasteiger partial charge in [0.15, 0.2) is 5.82 Å². The second-order valence-electron chi connectivity index (χ2n) is 3.90. The first-order chi connectivity index (χ1) is 8.76. The third-order valence-electron chi connectivity index (χ3n) is 2.63. The molecule has 18 heavy (non-hydrogen) atoms. The third kappa shape index (κ3) is 2.51. The Kier molecular flexibility index (Phi) is 3.94. The Morgan fingerprint density at radius 2 is 2.11 bits per heavy atom. The number of nitrogens with two attached hydrogens (primary N) is 1. The molecule has 1 heterocycles. The molecule has 1 unspecified atom stereocenters. The molecule has 1 aromatic heterocycles. The molecule has 5 heteroatoms. The van der Waals surface area contributed by atoms with Gasteiger partial charge in [0.1, 0.15) is 5.75 Å². The van der Waals surface area contributed by atoms with Crippen molar-refractivity contribution in [3.05, 3.63) is 30.1 Å². The molecule has 2 rings (SSSR count). The molecule has 0 aliphatic heterocycles. The van der Waals surface area contributed by atoms with Crippen LogP contribution < -0.4 is 10.5 Å². The van der Waals surface area contributed by atoms with E-state index in [1.54, 1.807) is 0 Å². The lowest BCUT2D eigenvalue weighted by molar-refractivity contribution is 0.339. The minimum atomic E-state index is -0.193. The van der Waals surface area contributed by atoms with Crippen molar-refractivity contribution < 1.29 is 9.26 Å². The summed E-state index contributed by atoms with van der Waals surface area (Å²) < 4.78 is 10.8. The van der Waals surface area contributed by atoms with Crippen molar-refractivity contribution in [2.45, 2.75) is 26.3 Å². The van der Waals surface area contributed by atoms with E-state index in [4.69, 9.17) is 15.0 Å². The van der Waals surface area contributed by atoms with Gasteiger partial charge in [-0.1, -0.05) is 24.2 Å². The van der Waals surface area contributed by atoms with Crippen LogP contribution in [0.1, 0.15) is 32.1 Å². The number of ether oxygens (including phenoxy) is 1. The molecule has 2 aromatic rings. The van der Waals surface area contributed by atoms with Crippen LogP contribution in [-0.2, 0) is 0 Å². The van der Waals surface area contributed by atoms with E-state index in [1.165, 1.54) is 0 Å². The van der Waals surface area contributed by atoms with Crippen molar-refractivity contribution in [2.24, 2.45) is 5.73 Å². The summed E-state index contributed by atoms with van der Waals surface area (Å²) in [5.74, 6) is 1.71. The van der Waals surface area contributed by atoms with Gasteiger partial charge < -0.3 is 15.0 Å². The molecule has 0 bridgehead atoms. The number of rotatable bonds is 5. The molecule has 1 atom stereocenters. The van der Waals surface area contributed by atoms with Gasteiger partial charge in [-0.2, -0.15) is 4.98 Å². The number of para-hydroxylation sites is 1. The molecule has 0 aliphatic carbocycles. The predicted molar refractivity (Wildman–Crippen MR) is 68.1 cm³/mol. The summed E-state index contributed by atoms with van der Waals surface area (Å²) in [6, 6.07) is 7.38. The maximum Gasteiger partial charge on any atom is 0.261 e. The first-order valence-electron chi connectivity index (χ1n) is 6.07. The minimum Gasteiger partial charge on any atom is -0.493 e. The van der Waals surface area contributed by atoms with Gasteiger partial charge in [0.25, 0.3) is 5.89 Å². The molecule has 96 valence electrons. The number of hydrogen-bond acceptors (Lipinski definition) is 5. The van der Waals surface area contributed by atoms with Crippen LogP contribution in [0.2, 0.25) is 0 Å². The average Bonchev–Trinajstić information content (AvgIpc) is 2.88.